The molecular weight excluding hydrogens is 276 g/mol. The molecule has 1 atom stereocenters. The van der Waals surface area contributed by atoms with Crippen LogP contribution in [-0.2, 0) is 0 Å². The van der Waals surface area contributed by atoms with E-state index in [1.807, 2.05) is 30.0 Å². The number of nitrogens with zero attached hydrogens (tertiary/aromatic N) is 2. The molecule has 2 fully saturated rings. The fourth-order valence-electron chi connectivity index (χ4n) is 4.02. The van der Waals surface area contributed by atoms with Gasteiger partial charge in [-0.2, -0.15) is 0 Å². The van der Waals surface area contributed by atoms with Crippen LogP contribution in [0.2, 0.25) is 0 Å². The van der Waals surface area contributed by atoms with Gasteiger partial charge in [-0.15, -0.1) is 0 Å². The smallest absolute Gasteiger partial charge is 0.256 e. The third kappa shape index (κ3) is 2.20. The molecule has 2 saturated heterocycles. The van der Waals surface area contributed by atoms with Crippen LogP contribution in [0.25, 0.3) is 11.0 Å². The number of para-hydroxylation sites is 1. The first-order valence-corrected chi connectivity index (χ1v) is 8.12. The average molecular weight is 298 g/mol. The molecule has 1 aromatic carbocycles. The van der Waals surface area contributed by atoms with Crippen LogP contribution in [0.5, 0.6) is 0 Å². The molecule has 2 aliphatic rings. The molecule has 5 nitrogen and oxygen atoms in total. The van der Waals surface area contributed by atoms with Crippen molar-refractivity contribution in [3.05, 3.63) is 29.6 Å². The lowest BCUT2D eigenvalue weighted by Gasteiger charge is -2.40. The van der Waals surface area contributed by atoms with Crippen LogP contribution in [-0.4, -0.2) is 47.0 Å². The minimum Gasteiger partial charge on any atom is -0.342 e. The van der Waals surface area contributed by atoms with Crippen molar-refractivity contribution in [3.8, 4) is 0 Å². The van der Waals surface area contributed by atoms with Crippen LogP contribution >= 0.6 is 0 Å². The molecule has 3 heterocycles. The zero-order valence-electron chi connectivity index (χ0n) is 13.0. The Morgan fingerprint density at radius 3 is 3.09 bits per heavy atom. The van der Waals surface area contributed by atoms with Gasteiger partial charge in [-0.3, -0.25) is 4.79 Å². The molecule has 0 bridgehead atoms. The molecule has 1 spiro atoms. The standard InChI is InChI=1S/C17H22N4O/c1-12-19-14-5-2-4-13(15(14)20-12)16(22)21-9-3-6-17(11-21)7-8-18-10-17/h2,4-5,18H,3,6-11H2,1H3,(H,19,20). The maximum Gasteiger partial charge on any atom is 0.256 e. The van der Waals surface area contributed by atoms with Gasteiger partial charge in [0, 0.05) is 25.0 Å². The highest BCUT2D eigenvalue weighted by atomic mass is 16.2. The summed E-state index contributed by atoms with van der Waals surface area (Å²) in [7, 11) is 0. The lowest BCUT2D eigenvalue weighted by molar-refractivity contribution is 0.0555. The van der Waals surface area contributed by atoms with Gasteiger partial charge >= 0.3 is 0 Å². The predicted octanol–water partition coefficient (Wildman–Crippen LogP) is 2.09. The first kappa shape index (κ1) is 13.8. The summed E-state index contributed by atoms with van der Waals surface area (Å²) in [6.45, 7) is 5.78. The molecule has 22 heavy (non-hydrogen) atoms. The number of rotatable bonds is 1. The fraction of sp³-hybridized carbons (Fsp3) is 0.529. The molecule has 1 unspecified atom stereocenters. The number of nitrogens with one attached hydrogen (secondary N) is 2. The molecule has 2 aliphatic heterocycles. The summed E-state index contributed by atoms with van der Waals surface area (Å²) in [6, 6.07) is 5.81. The number of H-pyrrole nitrogens is 1. The summed E-state index contributed by atoms with van der Waals surface area (Å²) >= 11 is 0. The minimum atomic E-state index is 0.128. The number of carbonyl (C=O) groups is 1. The number of aryl methyl sites for hydroxylation is 1. The maximum absolute atomic E-state index is 13.0. The highest BCUT2D eigenvalue weighted by Crippen LogP contribution is 2.36. The van der Waals surface area contributed by atoms with Crippen LogP contribution in [0.4, 0.5) is 0 Å². The number of fused-ring (bicyclic) bond motifs is 1. The normalized spacial score (nSPS) is 25.2. The summed E-state index contributed by atoms with van der Waals surface area (Å²) in [6.07, 6.45) is 3.51. The molecule has 1 aromatic heterocycles. The molecule has 5 heteroatoms. The Morgan fingerprint density at radius 1 is 1.36 bits per heavy atom. The first-order chi connectivity index (χ1) is 10.7. The van der Waals surface area contributed by atoms with Crippen molar-refractivity contribution in [2.45, 2.75) is 26.2 Å². The van der Waals surface area contributed by atoms with Crippen molar-refractivity contribution in [2.24, 2.45) is 5.41 Å². The van der Waals surface area contributed by atoms with Crippen molar-refractivity contribution in [3.63, 3.8) is 0 Å². The Balaban J connectivity index is 1.65. The summed E-state index contributed by atoms with van der Waals surface area (Å²) in [5.41, 5.74) is 2.76. The van der Waals surface area contributed by atoms with Gasteiger partial charge in [-0.25, -0.2) is 4.98 Å². The zero-order valence-corrected chi connectivity index (χ0v) is 13.0. The molecule has 1 amide bonds. The van der Waals surface area contributed by atoms with Gasteiger partial charge in [0.2, 0.25) is 0 Å². The number of piperidine rings is 1. The van der Waals surface area contributed by atoms with Crippen molar-refractivity contribution in [1.29, 1.82) is 0 Å². The van der Waals surface area contributed by atoms with E-state index in [0.717, 1.165) is 55.0 Å². The van der Waals surface area contributed by atoms with E-state index in [-0.39, 0.29) is 5.91 Å². The Bertz CT molecular complexity index is 715. The van der Waals surface area contributed by atoms with E-state index >= 15 is 0 Å². The van der Waals surface area contributed by atoms with E-state index < -0.39 is 0 Å². The van der Waals surface area contributed by atoms with Crippen molar-refractivity contribution in [2.75, 3.05) is 26.2 Å². The van der Waals surface area contributed by atoms with Gasteiger partial charge in [0.15, 0.2) is 0 Å². The number of amides is 1. The van der Waals surface area contributed by atoms with E-state index in [4.69, 9.17) is 0 Å². The van der Waals surface area contributed by atoms with Crippen LogP contribution in [0.1, 0.15) is 35.4 Å². The number of hydrogen-bond acceptors (Lipinski definition) is 3. The van der Waals surface area contributed by atoms with Crippen molar-refractivity contribution < 1.29 is 4.79 Å². The van der Waals surface area contributed by atoms with Crippen molar-refractivity contribution in [1.82, 2.24) is 20.2 Å². The zero-order chi connectivity index (χ0) is 15.2. The lowest BCUT2D eigenvalue weighted by Crippen LogP contribution is -2.47. The van der Waals surface area contributed by atoms with Crippen LogP contribution in [0, 0.1) is 12.3 Å². The van der Waals surface area contributed by atoms with Crippen molar-refractivity contribution >= 4 is 16.9 Å². The van der Waals surface area contributed by atoms with Crippen LogP contribution in [0.3, 0.4) is 0 Å². The maximum atomic E-state index is 13.0. The highest BCUT2D eigenvalue weighted by molar-refractivity contribution is 6.04. The lowest BCUT2D eigenvalue weighted by atomic mass is 9.79. The molecule has 0 saturated carbocycles. The van der Waals surface area contributed by atoms with Gasteiger partial charge in [0.05, 0.1) is 11.1 Å². The number of aromatic nitrogens is 2. The molecule has 116 valence electrons. The molecule has 0 radical (unpaired) electrons. The summed E-state index contributed by atoms with van der Waals surface area (Å²) in [4.78, 5) is 22.8. The van der Waals surface area contributed by atoms with E-state index in [1.165, 1.54) is 12.8 Å². The number of carbonyl (C=O) groups excluding carboxylic acids is 1. The Morgan fingerprint density at radius 2 is 2.27 bits per heavy atom. The fourth-order valence-corrected chi connectivity index (χ4v) is 4.02. The van der Waals surface area contributed by atoms with Crippen LogP contribution in [0.15, 0.2) is 18.2 Å². The van der Waals surface area contributed by atoms with Gasteiger partial charge in [0.25, 0.3) is 5.91 Å². The number of aromatic amines is 1. The van der Waals surface area contributed by atoms with Gasteiger partial charge in [0.1, 0.15) is 11.3 Å². The number of imidazole rings is 1. The molecule has 0 aliphatic carbocycles. The SMILES string of the molecule is Cc1nc2c(C(=O)N3CCCC4(CCNC4)C3)cccc2[nH]1. The quantitative estimate of drug-likeness (QED) is 0.847. The summed E-state index contributed by atoms with van der Waals surface area (Å²) in [5.74, 6) is 0.980. The second-order valence-corrected chi connectivity index (χ2v) is 6.78. The van der Waals surface area contributed by atoms with Gasteiger partial charge in [-0.05, 0) is 44.9 Å². The summed E-state index contributed by atoms with van der Waals surface area (Å²) in [5, 5.41) is 3.46. The largest absolute Gasteiger partial charge is 0.342 e. The molecule has 2 N–H and O–H groups in total. The topological polar surface area (TPSA) is 61.0 Å². The molecule has 4 rings (SSSR count). The van der Waals surface area contributed by atoms with Gasteiger partial charge < -0.3 is 15.2 Å². The van der Waals surface area contributed by atoms with E-state index in [0.29, 0.717) is 5.41 Å². The Kier molecular flexibility index (Phi) is 3.18. The minimum absolute atomic E-state index is 0.128. The second-order valence-electron chi connectivity index (χ2n) is 6.78. The van der Waals surface area contributed by atoms with E-state index in [2.05, 4.69) is 15.3 Å². The molecular formula is C17H22N4O. The van der Waals surface area contributed by atoms with Crippen LogP contribution < -0.4 is 5.32 Å². The van der Waals surface area contributed by atoms with E-state index in [9.17, 15) is 4.79 Å². The molecule has 2 aromatic rings. The number of hydrogen-bond donors (Lipinski definition) is 2. The highest BCUT2D eigenvalue weighted by Gasteiger charge is 2.39. The third-order valence-electron chi connectivity index (χ3n) is 5.14. The Labute approximate surface area is 130 Å². The summed E-state index contributed by atoms with van der Waals surface area (Å²) < 4.78 is 0. The number of benzene rings is 1. The second kappa shape index (κ2) is 5.09. The van der Waals surface area contributed by atoms with E-state index in [1.54, 1.807) is 0 Å². The first-order valence-electron chi connectivity index (χ1n) is 8.12. The predicted molar refractivity (Wildman–Crippen MR) is 85.9 cm³/mol. The average Bonchev–Trinajstić information content (AvgIpc) is 3.12. The number of likely N-dealkylation sites (tertiary alicyclic amines) is 1. The van der Waals surface area contributed by atoms with Gasteiger partial charge in [-0.1, -0.05) is 6.07 Å². The monoisotopic (exact) mass is 298 g/mol. The Hall–Kier alpha value is -1.88. The third-order valence-corrected chi connectivity index (χ3v) is 5.14.